The fourth-order valence-corrected chi connectivity index (χ4v) is 3.72. The Balaban J connectivity index is 2.81. The molecule has 0 aromatic rings. The SMILES string of the molecule is CCCCC#CCC1CCCC/C1=C(\C#CCCCC)CCCCCC. The van der Waals surface area contributed by atoms with Gasteiger partial charge in [-0.1, -0.05) is 76.7 Å². The summed E-state index contributed by atoms with van der Waals surface area (Å²) >= 11 is 0. The molecule has 146 valence electrons. The fraction of sp³-hybridized carbons (Fsp3) is 0.769. The van der Waals surface area contributed by atoms with Gasteiger partial charge in [0.1, 0.15) is 0 Å². The van der Waals surface area contributed by atoms with E-state index in [0.29, 0.717) is 5.92 Å². The summed E-state index contributed by atoms with van der Waals surface area (Å²) in [6.45, 7) is 6.78. The van der Waals surface area contributed by atoms with Crippen LogP contribution in [-0.2, 0) is 0 Å². The van der Waals surface area contributed by atoms with Crippen LogP contribution in [0.4, 0.5) is 0 Å². The molecule has 0 bridgehead atoms. The molecule has 0 saturated heterocycles. The topological polar surface area (TPSA) is 0 Å². The van der Waals surface area contributed by atoms with E-state index in [4.69, 9.17) is 0 Å². The maximum absolute atomic E-state index is 3.62. The molecule has 0 spiro atoms. The lowest BCUT2D eigenvalue weighted by Gasteiger charge is -2.26. The van der Waals surface area contributed by atoms with E-state index < -0.39 is 0 Å². The number of rotatable bonds is 10. The van der Waals surface area contributed by atoms with Gasteiger partial charge in [0.05, 0.1) is 0 Å². The van der Waals surface area contributed by atoms with Gasteiger partial charge in [0, 0.05) is 24.8 Å². The van der Waals surface area contributed by atoms with Gasteiger partial charge in [-0.25, -0.2) is 0 Å². The van der Waals surface area contributed by atoms with Crippen LogP contribution in [0.3, 0.4) is 0 Å². The first kappa shape index (κ1) is 22.9. The first-order valence-electron chi connectivity index (χ1n) is 11.5. The van der Waals surface area contributed by atoms with Crippen LogP contribution in [0, 0.1) is 29.6 Å². The van der Waals surface area contributed by atoms with Gasteiger partial charge in [-0.3, -0.25) is 0 Å². The Kier molecular flexibility index (Phi) is 14.1. The van der Waals surface area contributed by atoms with Crippen LogP contribution in [0.5, 0.6) is 0 Å². The van der Waals surface area contributed by atoms with Crippen LogP contribution in [0.2, 0.25) is 0 Å². The Morgan fingerprint density at radius 2 is 1.54 bits per heavy atom. The van der Waals surface area contributed by atoms with E-state index in [-0.39, 0.29) is 0 Å². The minimum atomic E-state index is 0.680. The van der Waals surface area contributed by atoms with Crippen molar-refractivity contribution >= 4 is 0 Å². The van der Waals surface area contributed by atoms with E-state index >= 15 is 0 Å². The van der Waals surface area contributed by atoms with Crippen LogP contribution in [0.1, 0.15) is 124 Å². The van der Waals surface area contributed by atoms with Crippen LogP contribution < -0.4 is 0 Å². The number of hydrogen-bond acceptors (Lipinski definition) is 0. The summed E-state index contributed by atoms with van der Waals surface area (Å²) in [4.78, 5) is 0. The summed E-state index contributed by atoms with van der Waals surface area (Å²) in [7, 11) is 0. The van der Waals surface area contributed by atoms with Gasteiger partial charge in [-0.15, -0.1) is 11.8 Å². The molecule has 0 aliphatic heterocycles. The predicted molar refractivity (Wildman–Crippen MR) is 117 cm³/mol. The van der Waals surface area contributed by atoms with Crippen molar-refractivity contribution in [2.75, 3.05) is 0 Å². The molecular formula is C26H42. The second-order valence-corrected chi connectivity index (χ2v) is 7.82. The summed E-state index contributed by atoms with van der Waals surface area (Å²) in [5, 5.41) is 0. The zero-order valence-electron chi connectivity index (χ0n) is 17.9. The van der Waals surface area contributed by atoms with Crippen molar-refractivity contribution in [3.63, 3.8) is 0 Å². The molecule has 0 radical (unpaired) electrons. The third kappa shape index (κ3) is 10.1. The summed E-state index contributed by atoms with van der Waals surface area (Å²) in [5.41, 5.74) is 3.18. The number of unbranched alkanes of at least 4 members (excludes halogenated alkanes) is 7. The lowest BCUT2D eigenvalue weighted by Crippen LogP contribution is -2.12. The van der Waals surface area contributed by atoms with E-state index in [9.17, 15) is 0 Å². The normalized spacial score (nSPS) is 18.5. The van der Waals surface area contributed by atoms with Crippen molar-refractivity contribution in [2.45, 2.75) is 124 Å². The highest BCUT2D eigenvalue weighted by Gasteiger charge is 2.20. The molecule has 0 aromatic heterocycles. The average molecular weight is 355 g/mol. The first-order valence-corrected chi connectivity index (χ1v) is 11.5. The zero-order chi connectivity index (χ0) is 18.9. The third-order valence-electron chi connectivity index (χ3n) is 5.43. The number of allylic oxidation sites excluding steroid dienone is 2. The van der Waals surface area contributed by atoms with Gasteiger partial charge in [-0.2, -0.15) is 0 Å². The summed E-state index contributed by atoms with van der Waals surface area (Å²) in [6, 6.07) is 0. The van der Waals surface area contributed by atoms with Crippen molar-refractivity contribution in [3.05, 3.63) is 11.1 Å². The minimum absolute atomic E-state index is 0.680. The largest absolute Gasteiger partial charge is 0.103 e. The van der Waals surface area contributed by atoms with E-state index in [1.54, 1.807) is 5.57 Å². The molecule has 1 aliphatic rings. The van der Waals surface area contributed by atoms with Gasteiger partial charge in [-0.05, 0) is 50.9 Å². The number of hydrogen-bond donors (Lipinski definition) is 0. The quantitative estimate of drug-likeness (QED) is 0.274. The zero-order valence-corrected chi connectivity index (χ0v) is 17.9. The molecule has 1 saturated carbocycles. The molecule has 0 aromatic carbocycles. The molecule has 1 rings (SSSR count). The van der Waals surface area contributed by atoms with E-state index in [1.807, 2.05) is 0 Å². The van der Waals surface area contributed by atoms with Crippen molar-refractivity contribution in [2.24, 2.45) is 5.92 Å². The minimum Gasteiger partial charge on any atom is -0.103 e. The van der Waals surface area contributed by atoms with Gasteiger partial charge < -0.3 is 0 Å². The van der Waals surface area contributed by atoms with Crippen molar-refractivity contribution < 1.29 is 0 Å². The Bertz CT molecular complexity index is 500. The molecule has 26 heavy (non-hydrogen) atoms. The predicted octanol–water partition coefficient (Wildman–Crippen LogP) is 8.22. The third-order valence-corrected chi connectivity index (χ3v) is 5.43. The molecule has 1 atom stereocenters. The molecule has 1 unspecified atom stereocenters. The maximum atomic E-state index is 3.62. The van der Waals surface area contributed by atoms with Crippen molar-refractivity contribution in [3.8, 4) is 23.7 Å². The van der Waals surface area contributed by atoms with E-state index in [2.05, 4.69) is 44.5 Å². The van der Waals surface area contributed by atoms with Crippen LogP contribution >= 0.6 is 0 Å². The van der Waals surface area contributed by atoms with Crippen LogP contribution in [-0.4, -0.2) is 0 Å². The molecular weight excluding hydrogens is 312 g/mol. The van der Waals surface area contributed by atoms with Crippen molar-refractivity contribution in [1.29, 1.82) is 0 Å². The lowest BCUT2D eigenvalue weighted by molar-refractivity contribution is 0.455. The molecule has 0 nitrogen and oxygen atoms in total. The molecule has 0 amide bonds. The van der Waals surface area contributed by atoms with Crippen LogP contribution in [0.15, 0.2) is 11.1 Å². The fourth-order valence-electron chi connectivity index (χ4n) is 3.72. The summed E-state index contributed by atoms with van der Waals surface area (Å²) in [6.07, 6.45) is 20.0. The molecule has 1 fully saturated rings. The highest BCUT2D eigenvalue weighted by atomic mass is 14.2. The molecule has 0 heterocycles. The first-order chi connectivity index (χ1) is 12.8. The van der Waals surface area contributed by atoms with E-state index in [0.717, 1.165) is 19.3 Å². The summed E-state index contributed by atoms with van der Waals surface area (Å²) < 4.78 is 0. The van der Waals surface area contributed by atoms with Gasteiger partial charge in [0.15, 0.2) is 0 Å². The Hall–Kier alpha value is -1.14. The van der Waals surface area contributed by atoms with E-state index in [1.165, 1.54) is 89.0 Å². The van der Waals surface area contributed by atoms with Gasteiger partial charge in [0.2, 0.25) is 0 Å². The Labute approximate surface area is 164 Å². The highest BCUT2D eigenvalue weighted by Crippen LogP contribution is 2.35. The smallest absolute Gasteiger partial charge is 0.0155 e. The molecule has 1 aliphatic carbocycles. The second-order valence-electron chi connectivity index (χ2n) is 7.82. The second kappa shape index (κ2) is 16.1. The van der Waals surface area contributed by atoms with Crippen LogP contribution in [0.25, 0.3) is 0 Å². The Morgan fingerprint density at radius 3 is 2.27 bits per heavy atom. The van der Waals surface area contributed by atoms with Gasteiger partial charge in [0.25, 0.3) is 0 Å². The standard InChI is InChI=1S/C26H42/c1-4-7-10-13-16-21-25-22-17-18-23-26(25)24(19-14-11-8-5-2)20-15-12-9-6-3/h25H,4-12,14,17-19,21-23H2,1-3H3/b26-24+. The van der Waals surface area contributed by atoms with Gasteiger partial charge >= 0.3 is 0 Å². The Morgan fingerprint density at radius 1 is 0.808 bits per heavy atom. The molecule has 0 heteroatoms. The average Bonchev–Trinajstić information content (AvgIpc) is 2.67. The highest BCUT2D eigenvalue weighted by molar-refractivity contribution is 5.36. The maximum Gasteiger partial charge on any atom is 0.0155 e. The monoisotopic (exact) mass is 354 g/mol. The summed E-state index contributed by atoms with van der Waals surface area (Å²) in [5.74, 6) is 14.7. The van der Waals surface area contributed by atoms with Crippen molar-refractivity contribution in [1.82, 2.24) is 0 Å². The lowest BCUT2D eigenvalue weighted by atomic mass is 9.79. The molecule has 0 N–H and O–H groups in total.